The lowest BCUT2D eigenvalue weighted by atomic mass is 10.4. The molecule has 2 heterocycles. The highest BCUT2D eigenvalue weighted by molar-refractivity contribution is 7.13. The maximum atomic E-state index is 11.7. The Balaban J connectivity index is 2.03. The fraction of sp³-hybridized carbons (Fsp3) is 0.250. The van der Waals surface area contributed by atoms with E-state index in [0.717, 1.165) is 0 Å². The number of carbonyl (C=O) groups excluding carboxylic acids is 1. The van der Waals surface area contributed by atoms with E-state index in [2.05, 4.69) is 20.5 Å². The van der Waals surface area contributed by atoms with Crippen molar-refractivity contribution in [1.29, 1.82) is 0 Å². The molecule has 8 heteroatoms. The molecule has 0 unspecified atom stereocenters. The van der Waals surface area contributed by atoms with Crippen LogP contribution in [0.25, 0.3) is 0 Å². The standard InChI is InChI=1S/C8H10N6OS/c9-1-2-14-3-6(10-4-14)7(15)12-8-13-11-5-16-8/h3-5H,1-2,9H2,(H,12,13,15). The van der Waals surface area contributed by atoms with Crippen molar-refractivity contribution in [2.45, 2.75) is 6.54 Å². The van der Waals surface area contributed by atoms with Gasteiger partial charge in [-0.15, -0.1) is 10.2 Å². The zero-order chi connectivity index (χ0) is 11.4. The minimum absolute atomic E-state index is 0.299. The Kier molecular flexibility index (Phi) is 3.22. The average Bonchev–Trinajstić information content (AvgIpc) is 2.89. The van der Waals surface area contributed by atoms with Gasteiger partial charge in [-0.25, -0.2) is 4.98 Å². The number of nitrogens with one attached hydrogen (secondary N) is 1. The van der Waals surface area contributed by atoms with Gasteiger partial charge in [0.05, 0.1) is 6.33 Å². The molecule has 0 bridgehead atoms. The molecule has 0 atom stereocenters. The Morgan fingerprint density at radius 2 is 2.50 bits per heavy atom. The maximum Gasteiger partial charge on any atom is 0.277 e. The second kappa shape index (κ2) is 4.81. The number of imidazole rings is 1. The van der Waals surface area contributed by atoms with Gasteiger partial charge in [0.15, 0.2) is 0 Å². The van der Waals surface area contributed by atoms with Crippen LogP contribution in [0.15, 0.2) is 18.0 Å². The van der Waals surface area contributed by atoms with Crippen LogP contribution in [0.5, 0.6) is 0 Å². The highest BCUT2D eigenvalue weighted by Crippen LogP contribution is 2.09. The lowest BCUT2D eigenvalue weighted by Gasteiger charge is -1.97. The van der Waals surface area contributed by atoms with Crippen LogP contribution in [-0.4, -0.2) is 32.2 Å². The van der Waals surface area contributed by atoms with Crippen molar-refractivity contribution < 1.29 is 4.79 Å². The van der Waals surface area contributed by atoms with Crippen LogP contribution in [0.4, 0.5) is 5.13 Å². The summed E-state index contributed by atoms with van der Waals surface area (Å²) in [5.41, 5.74) is 7.27. The van der Waals surface area contributed by atoms with E-state index in [1.165, 1.54) is 11.3 Å². The van der Waals surface area contributed by atoms with E-state index >= 15 is 0 Å². The zero-order valence-corrected chi connectivity index (χ0v) is 9.15. The summed E-state index contributed by atoms with van der Waals surface area (Å²) in [5, 5.41) is 10.4. The van der Waals surface area contributed by atoms with Gasteiger partial charge in [0, 0.05) is 19.3 Å². The van der Waals surface area contributed by atoms with Gasteiger partial charge in [-0.1, -0.05) is 11.3 Å². The summed E-state index contributed by atoms with van der Waals surface area (Å²) in [6, 6.07) is 0. The first-order valence-electron chi connectivity index (χ1n) is 4.59. The van der Waals surface area contributed by atoms with Crippen molar-refractivity contribution in [2.24, 2.45) is 5.73 Å². The molecule has 3 N–H and O–H groups in total. The van der Waals surface area contributed by atoms with Gasteiger partial charge in [-0.2, -0.15) is 0 Å². The number of nitrogens with zero attached hydrogens (tertiary/aromatic N) is 4. The van der Waals surface area contributed by atoms with Crippen LogP contribution in [0, 0.1) is 0 Å². The minimum Gasteiger partial charge on any atom is -0.335 e. The second-order valence-corrected chi connectivity index (χ2v) is 3.82. The second-order valence-electron chi connectivity index (χ2n) is 2.98. The largest absolute Gasteiger partial charge is 0.335 e. The van der Waals surface area contributed by atoms with Crippen LogP contribution in [-0.2, 0) is 6.54 Å². The fourth-order valence-electron chi connectivity index (χ4n) is 1.14. The number of aromatic nitrogens is 4. The molecule has 0 fully saturated rings. The topological polar surface area (TPSA) is 98.7 Å². The van der Waals surface area contributed by atoms with Crippen molar-refractivity contribution in [3.63, 3.8) is 0 Å². The number of rotatable bonds is 4. The molecule has 2 aromatic heterocycles. The molecule has 0 spiro atoms. The lowest BCUT2D eigenvalue weighted by Crippen LogP contribution is -2.12. The van der Waals surface area contributed by atoms with E-state index in [1.807, 2.05) is 0 Å². The Hall–Kier alpha value is -1.80. The summed E-state index contributed by atoms with van der Waals surface area (Å²) < 4.78 is 1.76. The number of carbonyl (C=O) groups is 1. The summed E-state index contributed by atoms with van der Waals surface area (Å²) in [6.45, 7) is 1.15. The molecular weight excluding hydrogens is 228 g/mol. The van der Waals surface area contributed by atoms with E-state index in [1.54, 1.807) is 22.6 Å². The molecule has 84 valence electrons. The molecule has 7 nitrogen and oxygen atoms in total. The van der Waals surface area contributed by atoms with Gasteiger partial charge in [0.1, 0.15) is 11.2 Å². The molecule has 1 amide bonds. The summed E-state index contributed by atoms with van der Waals surface area (Å²) in [4.78, 5) is 15.6. The predicted octanol–water partition coefficient (Wildman–Crippen LogP) is -0.0544. The SMILES string of the molecule is NCCn1cnc(C(=O)Nc2nncs2)c1. The van der Waals surface area contributed by atoms with Crippen LogP contribution in [0.1, 0.15) is 10.5 Å². The molecule has 0 saturated heterocycles. The first-order valence-corrected chi connectivity index (χ1v) is 5.47. The monoisotopic (exact) mass is 238 g/mol. The Labute approximate surface area is 95.3 Å². The molecule has 0 radical (unpaired) electrons. The van der Waals surface area contributed by atoms with Gasteiger partial charge in [0.2, 0.25) is 5.13 Å². The molecule has 2 rings (SSSR count). The quantitative estimate of drug-likeness (QED) is 0.777. The number of amides is 1. The maximum absolute atomic E-state index is 11.7. The van der Waals surface area contributed by atoms with E-state index in [0.29, 0.717) is 23.9 Å². The first-order chi connectivity index (χ1) is 7.79. The molecule has 16 heavy (non-hydrogen) atoms. The van der Waals surface area contributed by atoms with Crippen LogP contribution >= 0.6 is 11.3 Å². The van der Waals surface area contributed by atoms with E-state index < -0.39 is 0 Å². The van der Waals surface area contributed by atoms with Crippen LogP contribution < -0.4 is 11.1 Å². The Morgan fingerprint density at radius 3 is 3.19 bits per heavy atom. The Morgan fingerprint density at radius 1 is 1.62 bits per heavy atom. The zero-order valence-electron chi connectivity index (χ0n) is 8.33. The van der Waals surface area contributed by atoms with E-state index in [-0.39, 0.29) is 5.91 Å². The summed E-state index contributed by atoms with van der Waals surface area (Å²) in [7, 11) is 0. The van der Waals surface area contributed by atoms with Gasteiger partial charge < -0.3 is 10.3 Å². The van der Waals surface area contributed by atoms with Crippen molar-refractivity contribution in [3.05, 3.63) is 23.7 Å². The molecule has 0 aliphatic carbocycles. The van der Waals surface area contributed by atoms with Gasteiger partial charge in [-0.05, 0) is 0 Å². The van der Waals surface area contributed by atoms with Crippen molar-refractivity contribution >= 4 is 22.4 Å². The van der Waals surface area contributed by atoms with Crippen molar-refractivity contribution in [3.8, 4) is 0 Å². The number of anilines is 1. The van der Waals surface area contributed by atoms with Crippen molar-refractivity contribution in [2.75, 3.05) is 11.9 Å². The minimum atomic E-state index is -0.299. The summed E-state index contributed by atoms with van der Waals surface area (Å²) >= 11 is 1.25. The fourth-order valence-corrected chi connectivity index (χ4v) is 1.58. The highest BCUT2D eigenvalue weighted by atomic mass is 32.1. The van der Waals surface area contributed by atoms with Crippen LogP contribution in [0.3, 0.4) is 0 Å². The summed E-state index contributed by atoms with van der Waals surface area (Å²) in [6.07, 6.45) is 3.21. The van der Waals surface area contributed by atoms with Gasteiger partial charge in [0.25, 0.3) is 5.91 Å². The number of hydrogen-bond donors (Lipinski definition) is 2. The summed E-state index contributed by atoms with van der Waals surface area (Å²) in [5.74, 6) is -0.299. The lowest BCUT2D eigenvalue weighted by molar-refractivity contribution is 0.102. The van der Waals surface area contributed by atoms with Crippen LogP contribution in [0.2, 0.25) is 0 Å². The van der Waals surface area contributed by atoms with E-state index in [4.69, 9.17) is 5.73 Å². The van der Waals surface area contributed by atoms with E-state index in [9.17, 15) is 4.79 Å². The molecular formula is C8H10N6OS. The average molecular weight is 238 g/mol. The molecule has 0 saturated carbocycles. The molecule has 0 aromatic carbocycles. The third-order valence-corrected chi connectivity index (χ3v) is 2.44. The number of hydrogen-bond acceptors (Lipinski definition) is 6. The normalized spacial score (nSPS) is 10.3. The third kappa shape index (κ3) is 2.41. The molecule has 0 aliphatic rings. The van der Waals surface area contributed by atoms with Gasteiger partial charge >= 0.3 is 0 Å². The Bertz CT molecular complexity index is 465. The van der Waals surface area contributed by atoms with Gasteiger partial charge in [-0.3, -0.25) is 10.1 Å². The predicted molar refractivity (Wildman–Crippen MR) is 59.1 cm³/mol. The number of nitrogens with two attached hydrogens (primary N) is 1. The van der Waals surface area contributed by atoms with Crippen molar-refractivity contribution in [1.82, 2.24) is 19.7 Å². The smallest absolute Gasteiger partial charge is 0.277 e. The molecule has 2 aromatic rings. The first kappa shape index (κ1) is 10.7. The molecule has 0 aliphatic heterocycles. The highest BCUT2D eigenvalue weighted by Gasteiger charge is 2.10. The third-order valence-electron chi connectivity index (χ3n) is 1.83.